The number of rotatable bonds is 5. The Bertz CT molecular complexity index is 638. The zero-order valence-electron chi connectivity index (χ0n) is 14.5. The first-order chi connectivity index (χ1) is 12.1. The summed E-state index contributed by atoms with van der Waals surface area (Å²) in [6.07, 6.45) is 1.65. The Hall–Kier alpha value is -2.21. The molecule has 0 bridgehead atoms. The van der Waals surface area contributed by atoms with Crippen molar-refractivity contribution in [1.29, 1.82) is 0 Å². The Morgan fingerprint density at radius 1 is 1.16 bits per heavy atom. The smallest absolute Gasteiger partial charge is 0.309 e. The first kappa shape index (κ1) is 17.6. The minimum Gasteiger partial charge on any atom is -0.466 e. The van der Waals surface area contributed by atoms with Crippen LogP contribution in [0, 0.1) is 5.92 Å². The van der Waals surface area contributed by atoms with Gasteiger partial charge in [0.05, 0.1) is 25.1 Å². The van der Waals surface area contributed by atoms with Gasteiger partial charge in [-0.1, -0.05) is 30.3 Å². The highest BCUT2D eigenvalue weighted by molar-refractivity contribution is 6.06. The molecule has 1 aromatic rings. The number of hydrogen-bond acceptors (Lipinski definition) is 5. The van der Waals surface area contributed by atoms with Crippen LogP contribution in [-0.2, 0) is 19.1 Å². The van der Waals surface area contributed by atoms with E-state index in [4.69, 9.17) is 4.74 Å². The third kappa shape index (κ3) is 3.90. The van der Waals surface area contributed by atoms with Crippen molar-refractivity contribution in [2.75, 3.05) is 26.4 Å². The molecule has 25 heavy (non-hydrogen) atoms. The summed E-state index contributed by atoms with van der Waals surface area (Å²) >= 11 is 0. The third-order valence-corrected chi connectivity index (χ3v) is 4.99. The highest BCUT2D eigenvalue weighted by atomic mass is 16.5. The van der Waals surface area contributed by atoms with Crippen LogP contribution in [0.2, 0.25) is 0 Å². The van der Waals surface area contributed by atoms with Crippen molar-refractivity contribution in [2.45, 2.75) is 32.1 Å². The van der Waals surface area contributed by atoms with E-state index in [9.17, 15) is 14.4 Å². The van der Waals surface area contributed by atoms with Crippen molar-refractivity contribution in [2.24, 2.45) is 5.92 Å². The molecule has 0 unspecified atom stereocenters. The molecule has 1 aromatic carbocycles. The quantitative estimate of drug-likeness (QED) is 0.601. The monoisotopic (exact) mass is 344 g/mol. The van der Waals surface area contributed by atoms with Crippen LogP contribution in [0.25, 0.3) is 0 Å². The van der Waals surface area contributed by atoms with Gasteiger partial charge < -0.3 is 4.74 Å². The van der Waals surface area contributed by atoms with E-state index in [1.807, 2.05) is 30.3 Å². The van der Waals surface area contributed by atoms with Crippen LogP contribution < -0.4 is 0 Å². The minimum absolute atomic E-state index is 0.0711. The molecule has 0 aromatic heterocycles. The van der Waals surface area contributed by atoms with E-state index in [2.05, 4.69) is 4.90 Å². The van der Waals surface area contributed by atoms with Crippen molar-refractivity contribution in [3.05, 3.63) is 35.9 Å². The number of nitrogens with zero attached hydrogens (tertiary/aromatic N) is 2. The van der Waals surface area contributed by atoms with Gasteiger partial charge in [-0.3, -0.25) is 24.2 Å². The van der Waals surface area contributed by atoms with Crippen LogP contribution >= 0.6 is 0 Å². The SMILES string of the molecule is CCOC(=O)C1CCN(CN2C(=O)C[C@H](c3ccccc3)C2=O)CC1. The van der Waals surface area contributed by atoms with Gasteiger partial charge in [-0.05, 0) is 25.3 Å². The van der Waals surface area contributed by atoms with Crippen LogP contribution in [0.1, 0.15) is 37.7 Å². The van der Waals surface area contributed by atoms with E-state index in [1.165, 1.54) is 4.90 Å². The average molecular weight is 344 g/mol. The molecule has 0 aliphatic carbocycles. The maximum atomic E-state index is 12.7. The normalized spacial score (nSPS) is 22.4. The first-order valence-corrected chi connectivity index (χ1v) is 8.88. The molecule has 2 aliphatic rings. The number of imide groups is 1. The lowest BCUT2D eigenvalue weighted by molar-refractivity contribution is -0.151. The second kappa shape index (κ2) is 7.78. The van der Waals surface area contributed by atoms with E-state index >= 15 is 0 Å². The Balaban J connectivity index is 1.56. The van der Waals surface area contributed by atoms with Gasteiger partial charge in [0, 0.05) is 19.5 Å². The Kier molecular flexibility index (Phi) is 5.48. The molecule has 2 fully saturated rings. The molecule has 0 radical (unpaired) electrons. The van der Waals surface area contributed by atoms with Crippen molar-refractivity contribution < 1.29 is 19.1 Å². The predicted molar refractivity (Wildman–Crippen MR) is 91.5 cm³/mol. The average Bonchev–Trinajstić information content (AvgIpc) is 2.91. The lowest BCUT2D eigenvalue weighted by atomic mass is 9.97. The molecule has 6 nitrogen and oxygen atoms in total. The summed E-state index contributed by atoms with van der Waals surface area (Å²) in [7, 11) is 0. The van der Waals surface area contributed by atoms with Crippen molar-refractivity contribution >= 4 is 17.8 Å². The second-order valence-corrected chi connectivity index (χ2v) is 6.61. The topological polar surface area (TPSA) is 66.9 Å². The van der Waals surface area contributed by atoms with Crippen LogP contribution in [0.3, 0.4) is 0 Å². The molecule has 2 aliphatic heterocycles. The summed E-state index contributed by atoms with van der Waals surface area (Å²) < 4.78 is 5.07. The second-order valence-electron chi connectivity index (χ2n) is 6.61. The minimum atomic E-state index is -0.370. The van der Waals surface area contributed by atoms with Gasteiger partial charge in [0.15, 0.2) is 0 Å². The van der Waals surface area contributed by atoms with Crippen molar-refractivity contribution in [3.8, 4) is 0 Å². The molecule has 0 saturated carbocycles. The number of piperidine rings is 1. The van der Waals surface area contributed by atoms with E-state index in [-0.39, 0.29) is 36.0 Å². The number of carbonyl (C=O) groups is 3. The summed E-state index contributed by atoms with van der Waals surface area (Å²) in [4.78, 5) is 40.2. The maximum Gasteiger partial charge on any atom is 0.309 e. The van der Waals surface area contributed by atoms with Gasteiger partial charge in [-0.2, -0.15) is 0 Å². The molecule has 1 atom stereocenters. The lowest BCUT2D eigenvalue weighted by Gasteiger charge is -2.33. The molecular weight excluding hydrogens is 320 g/mol. The summed E-state index contributed by atoms with van der Waals surface area (Å²) in [6, 6.07) is 9.45. The lowest BCUT2D eigenvalue weighted by Crippen LogP contribution is -2.45. The molecule has 134 valence electrons. The van der Waals surface area contributed by atoms with Crippen molar-refractivity contribution in [3.63, 3.8) is 0 Å². The number of esters is 1. The zero-order valence-corrected chi connectivity index (χ0v) is 14.5. The van der Waals surface area contributed by atoms with Gasteiger partial charge in [0.2, 0.25) is 11.8 Å². The van der Waals surface area contributed by atoms with E-state index in [0.29, 0.717) is 39.2 Å². The molecule has 0 N–H and O–H groups in total. The fourth-order valence-corrected chi connectivity index (χ4v) is 3.55. The van der Waals surface area contributed by atoms with Crippen LogP contribution in [-0.4, -0.2) is 53.9 Å². The molecule has 2 heterocycles. The standard InChI is InChI=1S/C19H24N2O4/c1-2-25-19(24)15-8-10-20(11-9-15)13-21-17(22)12-16(18(21)23)14-6-4-3-5-7-14/h3-7,15-16H,2,8-13H2,1H3/t16-/m1/s1. The van der Waals surface area contributed by atoms with E-state index in [0.717, 1.165) is 5.56 Å². The summed E-state index contributed by atoms with van der Waals surface area (Å²) in [5, 5.41) is 0. The number of amides is 2. The largest absolute Gasteiger partial charge is 0.466 e. The van der Waals surface area contributed by atoms with Gasteiger partial charge in [0.25, 0.3) is 0 Å². The van der Waals surface area contributed by atoms with E-state index < -0.39 is 0 Å². The molecule has 3 rings (SSSR count). The number of benzene rings is 1. The molecule has 0 spiro atoms. The summed E-state index contributed by atoms with van der Waals surface area (Å²) in [6.45, 7) is 3.90. The number of carbonyl (C=O) groups excluding carboxylic acids is 3. The number of likely N-dealkylation sites (tertiary alicyclic amines) is 2. The number of hydrogen-bond donors (Lipinski definition) is 0. The van der Waals surface area contributed by atoms with Crippen LogP contribution in [0.4, 0.5) is 0 Å². The van der Waals surface area contributed by atoms with E-state index in [1.54, 1.807) is 6.92 Å². The van der Waals surface area contributed by atoms with Gasteiger partial charge >= 0.3 is 5.97 Å². The molecule has 6 heteroatoms. The van der Waals surface area contributed by atoms with Gasteiger partial charge in [0.1, 0.15) is 0 Å². The number of ether oxygens (including phenoxy) is 1. The zero-order chi connectivity index (χ0) is 17.8. The highest BCUT2D eigenvalue weighted by Crippen LogP contribution is 2.30. The Labute approximate surface area is 147 Å². The fourth-order valence-electron chi connectivity index (χ4n) is 3.55. The summed E-state index contributed by atoms with van der Waals surface area (Å²) in [5.41, 5.74) is 0.893. The fraction of sp³-hybridized carbons (Fsp3) is 0.526. The summed E-state index contributed by atoms with van der Waals surface area (Å²) in [5.74, 6) is -0.821. The Morgan fingerprint density at radius 2 is 1.84 bits per heavy atom. The van der Waals surface area contributed by atoms with Crippen LogP contribution in [0.5, 0.6) is 0 Å². The molecule has 2 amide bonds. The predicted octanol–water partition coefficient (Wildman–Crippen LogP) is 1.76. The van der Waals surface area contributed by atoms with Crippen LogP contribution in [0.15, 0.2) is 30.3 Å². The Morgan fingerprint density at radius 3 is 2.48 bits per heavy atom. The van der Waals surface area contributed by atoms with Gasteiger partial charge in [-0.15, -0.1) is 0 Å². The first-order valence-electron chi connectivity index (χ1n) is 8.88. The molecule has 2 saturated heterocycles. The van der Waals surface area contributed by atoms with Gasteiger partial charge in [-0.25, -0.2) is 0 Å². The highest BCUT2D eigenvalue weighted by Gasteiger charge is 2.40. The molecular formula is C19H24N2O4. The third-order valence-electron chi connectivity index (χ3n) is 4.99. The van der Waals surface area contributed by atoms with Crippen molar-refractivity contribution in [1.82, 2.24) is 9.80 Å². The maximum absolute atomic E-state index is 12.7.